The van der Waals surface area contributed by atoms with Crippen LogP contribution in [0, 0.1) is 29.4 Å². The molecular weight excluding hydrogens is 416 g/mol. The lowest BCUT2D eigenvalue weighted by atomic mass is 9.99. The number of likely N-dealkylation sites (tertiary alicyclic amines) is 1. The molecule has 1 aliphatic carbocycles. The molecule has 31 heavy (non-hydrogen) atoms. The molecular formula is C25H24ClF2N3. The molecule has 5 rings (SSSR count). The number of hydrogen-bond donors (Lipinski definition) is 0. The molecule has 6 heteroatoms. The number of rotatable bonds is 5. The minimum absolute atomic E-state index is 0.181. The Labute approximate surface area is 186 Å². The van der Waals surface area contributed by atoms with Crippen molar-refractivity contribution in [2.24, 2.45) is 17.8 Å². The van der Waals surface area contributed by atoms with E-state index in [0.717, 1.165) is 43.6 Å². The maximum absolute atomic E-state index is 13.5. The molecule has 2 fully saturated rings. The molecule has 0 radical (unpaired) electrons. The Kier molecular flexibility index (Phi) is 5.72. The number of hydrogen-bond acceptors (Lipinski definition) is 3. The molecule has 2 aromatic carbocycles. The zero-order valence-electron chi connectivity index (χ0n) is 17.1. The van der Waals surface area contributed by atoms with Gasteiger partial charge in [0.05, 0.1) is 16.4 Å². The van der Waals surface area contributed by atoms with E-state index in [9.17, 15) is 8.78 Å². The lowest BCUT2D eigenvalue weighted by molar-refractivity contribution is 0.289. The van der Waals surface area contributed by atoms with Gasteiger partial charge in [-0.15, -0.1) is 0 Å². The van der Waals surface area contributed by atoms with Crippen LogP contribution in [0.1, 0.15) is 24.1 Å². The van der Waals surface area contributed by atoms with E-state index in [1.54, 1.807) is 6.07 Å². The van der Waals surface area contributed by atoms with Crippen molar-refractivity contribution in [2.75, 3.05) is 13.1 Å². The van der Waals surface area contributed by atoms with E-state index >= 15 is 0 Å². The van der Waals surface area contributed by atoms with E-state index in [2.05, 4.69) is 15.1 Å². The van der Waals surface area contributed by atoms with Crippen LogP contribution >= 0.6 is 11.6 Å². The normalized spacial score (nSPS) is 23.3. The van der Waals surface area contributed by atoms with Crippen LogP contribution in [0.4, 0.5) is 8.78 Å². The quantitative estimate of drug-likeness (QED) is 0.505. The largest absolute Gasteiger partial charge is 0.299 e. The number of halogens is 3. The molecule has 2 aliphatic rings. The van der Waals surface area contributed by atoms with Gasteiger partial charge in [0.15, 0.2) is 0 Å². The van der Waals surface area contributed by atoms with E-state index in [1.807, 2.05) is 24.3 Å². The van der Waals surface area contributed by atoms with Crippen molar-refractivity contribution in [3.63, 3.8) is 0 Å². The fourth-order valence-electron chi connectivity index (χ4n) is 5.27. The molecule has 0 N–H and O–H groups in total. The van der Waals surface area contributed by atoms with Gasteiger partial charge in [-0.25, -0.2) is 8.78 Å². The van der Waals surface area contributed by atoms with Gasteiger partial charge in [0.25, 0.3) is 0 Å². The Morgan fingerprint density at radius 3 is 2.26 bits per heavy atom. The molecule has 0 spiro atoms. The standard InChI is InChI=1S/C25H24ClF2N3/c26-24-7-5-21(28)12-23(24)25-8-6-22(29-30-25)11-17-9-18-14-31(15-19(18)10-17)13-16-1-3-20(27)4-2-16/h1-8,12,17-19H,9-11,13-15H2/t17?,18-,19+. The SMILES string of the molecule is Fc1ccc(CN2C[C@H]3CC(Cc4ccc(-c5cc(F)ccc5Cl)nn4)C[C@H]3C2)cc1. The van der Waals surface area contributed by atoms with Crippen molar-refractivity contribution in [3.05, 3.63) is 82.5 Å². The molecule has 1 saturated heterocycles. The molecule has 1 aliphatic heterocycles. The predicted octanol–water partition coefficient (Wildman–Crippen LogP) is 5.78. The summed E-state index contributed by atoms with van der Waals surface area (Å²) in [4.78, 5) is 2.50. The third kappa shape index (κ3) is 4.63. The molecule has 3 nitrogen and oxygen atoms in total. The first-order valence-corrected chi connectivity index (χ1v) is 11.2. The molecule has 1 aromatic heterocycles. The van der Waals surface area contributed by atoms with E-state index in [0.29, 0.717) is 22.2 Å². The Morgan fingerprint density at radius 2 is 1.58 bits per heavy atom. The van der Waals surface area contributed by atoms with E-state index in [4.69, 9.17) is 11.6 Å². The van der Waals surface area contributed by atoms with Crippen LogP contribution in [0.5, 0.6) is 0 Å². The van der Waals surface area contributed by atoms with Gasteiger partial charge < -0.3 is 0 Å². The summed E-state index contributed by atoms with van der Waals surface area (Å²) in [6.07, 6.45) is 3.35. The summed E-state index contributed by atoms with van der Waals surface area (Å²) in [7, 11) is 0. The lowest BCUT2D eigenvalue weighted by Crippen LogP contribution is -2.22. The second kappa shape index (κ2) is 8.64. The summed E-state index contributed by atoms with van der Waals surface area (Å²) in [5.74, 6) is 1.56. The molecule has 3 atom stereocenters. The molecule has 1 unspecified atom stereocenters. The van der Waals surface area contributed by atoms with Gasteiger partial charge in [0.1, 0.15) is 11.6 Å². The van der Waals surface area contributed by atoms with Crippen molar-refractivity contribution in [1.82, 2.24) is 15.1 Å². The van der Waals surface area contributed by atoms with E-state index in [-0.39, 0.29) is 11.6 Å². The monoisotopic (exact) mass is 439 g/mol. The lowest BCUT2D eigenvalue weighted by Gasteiger charge is -2.19. The number of nitrogens with zero attached hydrogens (tertiary/aromatic N) is 3. The second-order valence-corrected chi connectivity index (χ2v) is 9.32. The van der Waals surface area contributed by atoms with Gasteiger partial charge in [0.2, 0.25) is 0 Å². The first kappa shape index (κ1) is 20.5. The first-order valence-electron chi connectivity index (χ1n) is 10.8. The first-order chi connectivity index (χ1) is 15.0. The highest BCUT2D eigenvalue weighted by atomic mass is 35.5. The summed E-state index contributed by atoms with van der Waals surface area (Å²) < 4.78 is 26.6. The van der Waals surface area contributed by atoms with Gasteiger partial charge in [-0.3, -0.25) is 4.90 Å². The van der Waals surface area contributed by atoms with Crippen LogP contribution in [0.2, 0.25) is 5.02 Å². The molecule has 3 aromatic rings. The van der Waals surface area contributed by atoms with Gasteiger partial charge in [-0.1, -0.05) is 23.7 Å². The third-order valence-electron chi connectivity index (χ3n) is 6.67. The molecule has 2 heterocycles. The Bertz CT molecular complexity index is 1040. The zero-order valence-corrected chi connectivity index (χ0v) is 17.9. The average Bonchev–Trinajstić information content (AvgIpc) is 3.30. The highest BCUT2D eigenvalue weighted by Crippen LogP contribution is 2.43. The van der Waals surface area contributed by atoms with Gasteiger partial charge in [-0.05, 0) is 85.0 Å². The van der Waals surface area contributed by atoms with Gasteiger partial charge >= 0.3 is 0 Å². The average molecular weight is 440 g/mol. The molecule has 0 bridgehead atoms. The minimum atomic E-state index is -0.337. The smallest absolute Gasteiger partial charge is 0.123 e. The summed E-state index contributed by atoms with van der Waals surface area (Å²) in [5.41, 5.74) is 3.31. The summed E-state index contributed by atoms with van der Waals surface area (Å²) >= 11 is 6.18. The Balaban J connectivity index is 1.16. The fourth-order valence-corrected chi connectivity index (χ4v) is 5.48. The molecule has 1 saturated carbocycles. The van der Waals surface area contributed by atoms with Crippen molar-refractivity contribution in [2.45, 2.75) is 25.8 Å². The van der Waals surface area contributed by atoms with Crippen LogP contribution < -0.4 is 0 Å². The summed E-state index contributed by atoms with van der Waals surface area (Å²) in [5, 5.41) is 9.15. The van der Waals surface area contributed by atoms with Crippen molar-refractivity contribution in [3.8, 4) is 11.3 Å². The molecule has 160 valence electrons. The summed E-state index contributed by atoms with van der Waals surface area (Å²) in [6.45, 7) is 3.12. The van der Waals surface area contributed by atoms with E-state index in [1.165, 1.54) is 42.7 Å². The zero-order chi connectivity index (χ0) is 21.4. The maximum atomic E-state index is 13.5. The van der Waals surface area contributed by atoms with Gasteiger partial charge in [0, 0.05) is 25.2 Å². The van der Waals surface area contributed by atoms with Crippen molar-refractivity contribution in [1.29, 1.82) is 0 Å². The number of aromatic nitrogens is 2. The molecule has 0 amide bonds. The maximum Gasteiger partial charge on any atom is 0.123 e. The Morgan fingerprint density at radius 1 is 0.871 bits per heavy atom. The van der Waals surface area contributed by atoms with E-state index < -0.39 is 0 Å². The van der Waals surface area contributed by atoms with Crippen molar-refractivity contribution < 1.29 is 8.78 Å². The van der Waals surface area contributed by atoms with Crippen LogP contribution in [-0.4, -0.2) is 28.2 Å². The number of benzene rings is 2. The summed E-state index contributed by atoms with van der Waals surface area (Å²) in [6, 6.07) is 15.0. The van der Waals surface area contributed by atoms with Crippen LogP contribution in [0.15, 0.2) is 54.6 Å². The fraction of sp³-hybridized carbons (Fsp3) is 0.360. The highest BCUT2D eigenvalue weighted by Gasteiger charge is 2.40. The Hall–Kier alpha value is -2.37. The number of fused-ring (bicyclic) bond motifs is 1. The van der Waals surface area contributed by atoms with Crippen LogP contribution in [0.3, 0.4) is 0 Å². The topological polar surface area (TPSA) is 29.0 Å². The van der Waals surface area contributed by atoms with Crippen LogP contribution in [-0.2, 0) is 13.0 Å². The van der Waals surface area contributed by atoms with Crippen LogP contribution in [0.25, 0.3) is 11.3 Å². The third-order valence-corrected chi connectivity index (χ3v) is 7.00. The minimum Gasteiger partial charge on any atom is -0.299 e. The van der Waals surface area contributed by atoms with Crippen molar-refractivity contribution >= 4 is 11.6 Å². The second-order valence-electron chi connectivity index (χ2n) is 8.92. The predicted molar refractivity (Wildman–Crippen MR) is 118 cm³/mol. The highest BCUT2D eigenvalue weighted by molar-refractivity contribution is 6.33. The van der Waals surface area contributed by atoms with Gasteiger partial charge in [-0.2, -0.15) is 10.2 Å².